The van der Waals surface area contributed by atoms with Crippen molar-refractivity contribution in [3.63, 3.8) is 0 Å². The molecule has 0 unspecified atom stereocenters. The molecule has 3 rings (SSSR count). The Labute approximate surface area is 109 Å². The van der Waals surface area contributed by atoms with Crippen molar-refractivity contribution in [1.82, 2.24) is 10.6 Å². The van der Waals surface area contributed by atoms with Crippen LogP contribution in [0.5, 0.6) is 0 Å². The molecule has 3 aliphatic rings. The van der Waals surface area contributed by atoms with Crippen LogP contribution in [0.2, 0.25) is 0 Å². The summed E-state index contributed by atoms with van der Waals surface area (Å²) in [6.07, 6.45) is 2.39. The van der Waals surface area contributed by atoms with E-state index in [4.69, 9.17) is 9.47 Å². The van der Waals surface area contributed by atoms with Gasteiger partial charge >= 0.3 is 12.1 Å². The van der Waals surface area contributed by atoms with Crippen LogP contribution in [0.3, 0.4) is 0 Å². The van der Waals surface area contributed by atoms with Crippen molar-refractivity contribution in [2.24, 2.45) is 0 Å². The lowest BCUT2D eigenvalue weighted by molar-refractivity contribution is -0.146. The van der Waals surface area contributed by atoms with Crippen LogP contribution in [0.4, 0.5) is 4.79 Å². The Morgan fingerprint density at radius 2 is 2.42 bits per heavy atom. The van der Waals surface area contributed by atoms with Crippen molar-refractivity contribution in [2.75, 3.05) is 6.61 Å². The number of hydrogen-bond donors (Lipinski definition) is 3. The van der Waals surface area contributed by atoms with Gasteiger partial charge in [0.25, 0.3) is 0 Å². The molecular weight excluding hydrogens is 252 g/mol. The SMILES string of the molecule is CCOC(=O)[C@@H]1N[C@@H]2C=C[C@@H](O)C[C@@]23OC(=O)N[C@@H]13. The van der Waals surface area contributed by atoms with Crippen molar-refractivity contribution in [1.29, 1.82) is 0 Å². The number of carbonyl (C=O) groups is 2. The smallest absolute Gasteiger partial charge is 0.408 e. The van der Waals surface area contributed by atoms with Crippen LogP contribution in [0.15, 0.2) is 12.2 Å². The van der Waals surface area contributed by atoms with Crippen LogP contribution in [0.1, 0.15) is 13.3 Å². The molecule has 104 valence electrons. The number of alkyl carbamates (subject to hydrolysis) is 1. The van der Waals surface area contributed by atoms with Gasteiger partial charge in [0.1, 0.15) is 12.1 Å². The lowest BCUT2D eigenvalue weighted by atomic mass is 9.80. The highest BCUT2D eigenvalue weighted by Crippen LogP contribution is 2.41. The molecule has 1 spiro atoms. The molecule has 1 amide bonds. The van der Waals surface area contributed by atoms with Gasteiger partial charge in [-0.2, -0.15) is 0 Å². The summed E-state index contributed by atoms with van der Waals surface area (Å²) in [4.78, 5) is 23.5. The minimum atomic E-state index is -0.914. The Morgan fingerprint density at radius 1 is 1.63 bits per heavy atom. The summed E-state index contributed by atoms with van der Waals surface area (Å²) in [5, 5.41) is 15.5. The van der Waals surface area contributed by atoms with E-state index in [1.165, 1.54) is 0 Å². The van der Waals surface area contributed by atoms with Crippen molar-refractivity contribution < 1.29 is 24.2 Å². The van der Waals surface area contributed by atoms with Gasteiger partial charge in [0.2, 0.25) is 0 Å². The number of rotatable bonds is 2. The lowest BCUT2D eigenvalue weighted by Crippen LogP contribution is -2.53. The number of aliphatic hydroxyl groups is 1. The predicted octanol–water partition coefficient (Wildman–Crippen LogP) is -0.942. The van der Waals surface area contributed by atoms with E-state index in [1.54, 1.807) is 19.1 Å². The van der Waals surface area contributed by atoms with Crippen LogP contribution >= 0.6 is 0 Å². The molecule has 0 bridgehead atoms. The number of ether oxygens (including phenoxy) is 2. The zero-order valence-electron chi connectivity index (χ0n) is 10.5. The maximum atomic E-state index is 11.9. The summed E-state index contributed by atoms with van der Waals surface area (Å²) in [6.45, 7) is 2.00. The van der Waals surface area contributed by atoms with Crippen LogP contribution in [0.25, 0.3) is 0 Å². The van der Waals surface area contributed by atoms with Crippen LogP contribution in [0, 0.1) is 0 Å². The highest BCUT2D eigenvalue weighted by molar-refractivity contribution is 5.82. The molecule has 0 radical (unpaired) electrons. The number of hydrogen-bond acceptors (Lipinski definition) is 6. The van der Waals surface area contributed by atoms with Crippen molar-refractivity contribution in [3.8, 4) is 0 Å². The zero-order chi connectivity index (χ0) is 13.6. The Balaban J connectivity index is 1.92. The summed E-state index contributed by atoms with van der Waals surface area (Å²) in [5.74, 6) is -0.421. The third-order valence-corrected chi connectivity index (χ3v) is 3.90. The second-order valence-electron chi connectivity index (χ2n) is 5.00. The topological polar surface area (TPSA) is 96.9 Å². The molecule has 5 atom stereocenters. The molecule has 0 saturated carbocycles. The van der Waals surface area contributed by atoms with E-state index in [2.05, 4.69) is 10.6 Å². The van der Waals surface area contributed by atoms with E-state index < -0.39 is 35.9 Å². The summed E-state index contributed by atoms with van der Waals surface area (Å²) >= 11 is 0. The van der Waals surface area contributed by atoms with E-state index in [9.17, 15) is 14.7 Å². The Hall–Kier alpha value is -1.60. The summed E-state index contributed by atoms with van der Waals surface area (Å²) < 4.78 is 10.4. The van der Waals surface area contributed by atoms with Gasteiger partial charge in [0, 0.05) is 6.42 Å². The van der Waals surface area contributed by atoms with E-state index in [1.807, 2.05) is 0 Å². The molecule has 2 aliphatic heterocycles. The minimum Gasteiger partial charge on any atom is -0.465 e. The van der Waals surface area contributed by atoms with Crippen molar-refractivity contribution >= 4 is 12.1 Å². The van der Waals surface area contributed by atoms with Crippen molar-refractivity contribution in [2.45, 2.75) is 43.2 Å². The molecule has 0 aromatic heterocycles. The molecule has 2 saturated heterocycles. The van der Waals surface area contributed by atoms with Gasteiger partial charge in [0.05, 0.1) is 18.8 Å². The number of aliphatic hydroxyl groups excluding tert-OH is 1. The second kappa shape index (κ2) is 4.21. The molecule has 7 nitrogen and oxygen atoms in total. The third kappa shape index (κ3) is 1.73. The summed E-state index contributed by atoms with van der Waals surface area (Å²) in [5.41, 5.74) is -0.914. The molecule has 3 N–H and O–H groups in total. The van der Waals surface area contributed by atoms with Gasteiger partial charge in [-0.15, -0.1) is 0 Å². The van der Waals surface area contributed by atoms with Crippen molar-refractivity contribution in [3.05, 3.63) is 12.2 Å². The zero-order valence-corrected chi connectivity index (χ0v) is 10.5. The van der Waals surface area contributed by atoms with E-state index in [0.717, 1.165) is 0 Å². The Bertz CT molecular complexity index is 451. The van der Waals surface area contributed by atoms with Gasteiger partial charge in [-0.3, -0.25) is 10.1 Å². The maximum absolute atomic E-state index is 11.9. The molecule has 1 aliphatic carbocycles. The largest absolute Gasteiger partial charge is 0.465 e. The first kappa shape index (κ1) is 12.4. The van der Waals surface area contributed by atoms with Crippen LogP contribution < -0.4 is 10.6 Å². The van der Waals surface area contributed by atoms with E-state index >= 15 is 0 Å². The van der Waals surface area contributed by atoms with Crippen LogP contribution in [-0.2, 0) is 14.3 Å². The number of amides is 1. The van der Waals surface area contributed by atoms with E-state index in [0.29, 0.717) is 0 Å². The number of esters is 1. The standard InChI is InChI=1S/C12H16N2O5/c1-2-18-10(16)8-9-12(19-11(17)14-9)5-6(15)3-4-7(12)13-8/h3-4,6-9,13,15H,2,5H2,1H3,(H,14,17)/t6-,7-,8-,9+,12-/m1/s1. The fourth-order valence-electron chi connectivity index (χ4n) is 3.15. The highest BCUT2D eigenvalue weighted by Gasteiger charge is 2.65. The van der Waals surface area contributed by atoms with E-state index in [-0.39, 0.29) is 19.1 Å². The fourth-order valence-corrected chi connectivity index (χ4v) is 3.15. The van der Waals surface area contributed by atoms with Gasteiger partial charge in [0.15, 0.2) is 5.60 Å². The first-order chi connectivity index (χ1) is 9.06. The predicted molar refractivity (Wildman–Crippen MR) is 63.2 cm³/mol. The molecule has 7 heteroatoms. The molecule has 0 aromatic rings. The molecule has 19 heavy (non-hydrogen) atoms. The molecule has 2 fully saturated rings. The Morgan fingerprint density at radius 3 is 3.16 bits per heavy atom. The first-order valence-corrected chi connectivity index (χ1v) is 6.35. The summed E-state index contributed by atoms with van der Waals surface area (Å²) in [6, 6.07) is -1.48. The fraction of sp³-hybridized carbons (Fsp3) is 0.667. The normalized spacial score (nSPS) is 43.2. The highest BCUT2D eigenvalue weighted by atomic mass is 16.6. The molecule has 2 heterocycles. The van der Waals surface area contributed by atoms with Gasteiger partial charge < -0.3 is 19.9 Å². The molecular formula is C12H16N2O5. The lowest BCUT2D eigenvalue weighted by Gasteiger charge is -2.34. The van der Waals surface area contributed by atoms with Gasteiger partial charge in [-0.05, 0) is 6.92 Å². The average Bonchev–Trinajstić information content (AvgIpc) is 2.79. The average molecular weight is 268 g/mol. The number of nitrogens with one attached hydrogen (secondary N) is 2. The maximum Gasteiger partial charge on any atom is 0.408 e. The number of carbonyl (C=O) groups excluding carboxylic acids is 2. The van der Waals surface area contributed by atoms with Gasteiger partial charge in [-0.25, -0.2) is 4.79 Å². The quantitative estimate of drug-likeness (QED) is 0.442. The minimum absolute atomic E-state index is 0.264. The molecule has 0 aromatic carbocycles. The summed E-state index contributed by atoms with van der Waals surface area (Å²) in [7, 11) is 0. The van der Waals surface area contributed by atoms with Gasteiger partial charge in [-0.1, -0.05) is 12.2 Å². The second-order valence-corrected chi connectivity index (χ2v) is 5.00. The first-order valence-electron chi connectivity index (χ1n) is 6.35. The monoisotopic (exact) mass is 268 g/mol. The Kier molecular flexibility index (Phi) is 2.75. The van der Waals surface area contributed by atoms with Crippen LogP contribution in [-0.4, -0.2) is 53.6 Å². The third-order valence-electron chi connectivity index (χ3n) is 3.90.